The van der Waals surface area contributed by atoms with Crippen LogP contribution >= 0.6 is 0 Å². The second kappa shape index (κ2) is 8.83. The Morgan fingerprint density at radius 3 is 3.00 bits per heavy atom. The van der Waals surface area contributed by atoms with Crippen LogP contribution in [0.1, 0.15) is 41.7 Å². The standard InChI is InChI=1S/C27H27N7O2/c1-17-12-18(8-11-28-17)24-22-13-19(6-7-23(22)31-32-24)26(35)30-21-5-2-9-27(36,14-21)16-34-15-20-4-3-10-29-25(20)33-34/h3-4,6-8,10-13,15,21,36H,2,5,9,14,16H2,1H3,(H,30,35)(H,31,32)/t21-,27+/m0/s1. The number of carbonyl (C=O) groups excluding carboxylic acids is 1. The maximum Gasteiger partial charge on any atom is 0.251 e. The van der Waals surface area contributed by atoms with Crippen LogP contribution < -0.4 is 5.32 Å². The number of nitrogens with one attached hydrogen (secondary N) is 2. The molecule has 0 aliphatic heterocycles. The van der Waals surface area contributed by atoms with Crippen molar-refractivity contribution in [1.82, 2.24) is 35.3 Å². The van der Waals surface area contributed by atoms with Gasteiger partial charge in [-0.1, -0.05) is 0 Å². The van der Waals surface area contributed by atoms with Crippen LogP contribution in [0.4, 0.5) is 0 Å². The SMILES string of the molecule is Cc1cc(-c2n[nH]c3ccc(C(=O)N[C@H]4CCC[C@](O)(Cn5cc6cccnc6n5)C4)cc23)ccn1. The molecule has 36 heavy (non-hydrogen) atoms. The Morgan fingerprint density at radius 1 is 1.22 bits per heavy atom. The smallest absolute Gasteiger partial charge is 0.251 e. The molecule has 4 aromatic heterocycles. The van der Waals surface area contributed by atoms with E-state index in [4.69, 9.17) is 0 Å². The van der Waals surface area contributed by atoms with Crippen LogP contribution in [0.5, 0.6) is 0 Å². The Morgan fingerprint density at radius 2 is 2.14 bits per heavy atom. The van der Waals surface area contributed by atoms with E-state index in [1.165, 1.54) is 0 Å². The lowest BCUT2D eigenvalue weighted by molar-refractivity contribution is -0.0235. The van der Waals surface area contributed by atoms with Gasteiger partial charge in [0.2, 0.25) is 0 Å². The summed E-state index contributed by atoms with van der Waals surface area (Å²) in [5.74, 6) is -0.154. The molecule has 2 atom stereocenters. The number of aryl methyl sites for hydroxylation is 1. The normalized spacial score (nSPS) is 20.1. The van der Waals surface area contributed by atoms with Gasteiger partial charge in [0.05, 0.1) is 17.7 Å². The van der Waals surface area contributed by atoms with Crippen LogP contribution in [-0.4, -0.2) is 52.6 Å². The zero-order valence-corrected chi connectivity index (χ0v) is 20.0. The molecule has 3 N–H and O–H groups in total. The number of hydrogen-bond acceptors (Lipinski definition) is 6. The largest absolute Gasteiger partial charge is 0.388 e. The van der Waals surface area contributed by atoms with E-state index < -0.39 is 5.60 Å². The molecule has 0 saturated heterocycles. The maximum atomic E-state index is 13.2. The molecule has 1 aliphatic rings. The van der Waals surface area contributed by atoms with Crippen LogP contribution in [-0.2, 0) is 6.54 Å². The van der Waals surface area contributed by atoms with E-state index in [-0.39, 0.29) is 11.9 Å². The highest BCUT2D eigenvalue weighted by molar-refractivity contribution is 6.01. The van der Waals surface area contributed by atoms with Crippen molar-refractivity contribution in [1.29, 1.82) is 0 Å². The van der Waals surface area contributed by atoms with Gasteiger partial charge in [0.25, 0.3) is 5.91 Å². The molecule has 6 rings (SSSR count). The lowest BCUT2D eigenvalue weighted by atomic mass is 9.81. The molecule has 182 valence electrons. The third kappa shape index (κ3) is 4.33. The van der Waals surface area contributed by atoms with Crippen molar-refractivity contribution >= 4 is 27.8 Å². The summed E-state index contributed by atoms with van der Waals surface area (Å²) in [5.41, 5.74) is 3.79. The molecule has 1 aliphatic carbocycles. The fourth-order valence-electron chi connectivity index (χ4n) is 5.23. The van der Waals surface area contributed by atoms with Crippen LogP contribution in [0.2, 0.25) is 0 Å². The van der Waals surface area contributed by atoms with Crippen LogP contribution in [0.3, 0.4) is 0 Å². The predicted octanol–water partition coefficient (Wildman–Crippen LogP) is 3.78. The fourth-order valence-corrected chi connectivity index (χ4v) is 5.23. The number of aliphatic hydroxyl groups is 1. The van der Waals surface area contributed by atoms with Gasteiger partial charge in [-0.15, -0.1) is 0 Å². The first-order valence-electron chi connectivity index (χ1n) is 12.2. The van der Waals surface area contributed by atoms with E-state index in [0.29, 0.717) is 30.6 Å². The minimum absolute atomic E-state index is 0.123. The molecule has 9 heteroatoms. The lowest BCUT2D eigenvalue weighted by Gasteiger charge is -2.37. The first-order chi connectivity index (χ1) is 17.5. The Kier molecular flexibility index (Phi) is 5.49. The van der Waals surface area contributed by atoms with Gasteiger partial charge in [0.1, 0.15) is 5.69 Å². The number of amides is 1. The molecule has 4 heterocycles. The summed E-state index contributed by atoms with van der Waals surface area (Å²) in [7, 11) is 0. The van der Waals surface area contributed by atoms with Gasteiger partial charge in [-0.2, -0.15) is 10.2 Å². The molecule has 0 bridgehead atoms. The number of pyridine rings is 2. The average Bonchev–Trinajstić information content (AvgIpc) is 3.46. The Hall–Kier alpha value is -4.11. The zero-order chi connectivity index (χ0) is 24.7. The predicted molar refractivity (Wildman–Crippen MR) is 136 cm³/mol. The number of fused-ring (bicyclic) bond motifs is 2. The van der Waals surface area contributed by atoms with E-state index in [0.717, 1.165) is 46.1 Å². The molecular weight excluding hydrogens is 454 g/mol. The minimum Gasteiger partial charge on any atom is -0.388 e. The van der Waals surface area contributed by atoms with Gasteiger partial charge in [-0.25, -0.2) is 4.98 Å². The van der Waals surface area contributed by atoms with E-state index in [2.05, 4.69) is 30.6 Å². The molecule has 1 fully saturated rings. The topological polar surface area (TPSA) is 122 Å². The van der Waals surface area contributed by atoms with E-state index in [1.54, 1.807) is 23.1 Å². The number of aromatic nitrogens is 6. The van der Waals surface area contributed by atoms with Gasteiger partial charge in [-0.05, 0) is 75.1 Å². The van der Waals surface area contributed by atoms with E-state index in [1.807, 2.05) is 49.5 Å². The number of benzene rings is 1. The van der Waals surface area contributed by atoms with Gasteiger partial charge >= 0.3 is 0 Å². The number of carbonyl (C=O) groups is 1. The van der Waals surface area contributed by atoms with Gasteiger partial charge < -0.3 is 10.4 Å². The van der Waals surface area contributed by atoms with Crippen molar-refractivity contribution in [2.75, 3.05) is 0 Å². The van der Waals surface area contributed by atoms with Crippen molar-refractivity contribution in [3.05, 3.63) is 72.3 Å². The van der Waals surface area contributed by atoms with Gasteiger partial charge in [-0.3, -0.25) is 19.6 Å². The highest BCUT2D eigenvalue weighted by Gasteiger charge is 2.36. The number of rotatable bonds is 5. The first kappa shape index (κ1) is 22.4. The molecule has 0 radical (unpaired) electrons. The molecule has 5 aromatic rings. The monoisotopic (exact) mass is 481 g/mol. The number of hydrogen-bond donors (Lipinski definition) is 3. The van der Waals surface area contributed by atoms with Crippen molar-refractivity contribution in [2.45, 2.75) is 50.8 Å². The number of nitrogens with zero attached hydrogens (tertiary/aromatic N) is 5. The highest BCUT2D eigenvalue weighted by Crippen LogP contribution is 2.31. The second-order valence-corrected chi connectivity index (χ2v) is 9.75. The summed E-state index contributed by atoms with van der Waals surface area (Å²) in [5, 5.41) is 28.3. The third-order valence-electron chi connectivity index (χ3n) is 6.94. The fraction of sp³-hybridized carbons (Fsp3) is 0.296. The molecule has 0 spiro atoms. The summed E-state index contributed by atoms with van der Waals surface area (Å²) < 4.78 is 1.76. The summed E-state index contributed by atoms with van der Waals surface area (Å²) >= 11 is 0. The average molecular weight is 482 g/mol. The molecule has 9 nitrogen and oxygen atoms in total. The summed E-state index contributed by atoms with van der Waals surface area (Å²) in [6.45, 7) is 2.31. The van der Waals surface area contributed by atoms with Crippen molar-refractivity contribution in [2.24, 2.45) is 0 Å². The number of H-pyrrole nitrogens is 1. The van der Waals surface area contributed by atoms with Gasteiger partial charge in [0, 0.05) is 52.2 Å². The molecule has 1 aromatic carbocycles. The zero-order valence-electron chi connectivity index (χ0n) is 20.0. The molecule has 1 saturated carbocycles. The van der Waals surface area contributed by atoms with Crippen molar-refractivity contribution in [3.63, 3.8) is 0 Å². The molecular formula is C27H27N7O2. The molecule has 1 amide bonds. The summed E-state index contributed by atoms with van der Waals surface area (Å²) in [6.07, 6.45) is 8.16. The Bertz CT molecular complexity index is 1540. The van der Waals surface area contributed by atoms with Gasteiger partial charge in [0.15, 0.2) is 5.65 Å². The first-order valence-corrected chi connectivity index (χ1v) is 12.2. The Labute approximate surface area is 207 Å². The summed E-state index contributed by atoms with van der Waals surface area (Å²) in [4.78, 5) is 21.7. The van der Waals surface area contributed by atoms with E-state index in [9.17, 15) is 9.90 Å². The van der Waals surface area contributed by atoms with Crippen molar-refractivity contribution < 1.29 is 9.90 Å². The van der Waals surface area contributed by atoms with Crippen LogP contribution in [0.15, 0.2) is 61.1 Å². The third-order valence-corrected chi connectivity index (χ3v) is 6.94. The highest BCUT2D eigenvalue weighted by atomic mass is 16.3. The molecule has 0 unspecified atom stereocenters. The Balaban J connectivity index is 1.18. The van der Waals surface area contributed by atoms with Crippen molar-refractivity contribution in [3.8, 4) is 11.3 Å². The lowest BCUT2D eigenvalue weighted by Crippen LogP contribution is -2.47. The number of aromatic amines is 1. The summed E-state index contributed by atoms with van der Waals surface area (Å²) in [6, 6.07) is 13.1. The van der Waals surface area contributed by atoms with E-state index >= 15 is 0 Å². The quantitative estimate of drug-likeness (QED) is 0.351. The second-order valence-electron chi connectivity index (χ2n) is 9.75. The van der Waals surface area contributed by atoms with Crippen LogP contribution in [0.25, 0.3) is 33.2 Å². The maximum absolute atomic E-state index is 13.2. The van der Waals surface area contributed by atoms with Crippen LogP contribution in [0, 0.1) is 6.92 Å². The minimum atomic E-state index is -0.945.